The van der Waals surface area contributed by atoms with E-state index in [1.807, 2.05) is 12.1 Å². The van der Waals surface area contributed by atoms with E-state index in [4.69, 9.17) is 11.6 Å². The zero-order valence-electron chi connectivity index (χ0n) is 8.68. The van der Waals surface area contributed by atoms with Gasteiger partial charge in [0.15, 0.2) is 0 Å². The molecule has 1 atom stereocenters. The Bertz CT molecular complexity index is 333. The first kappa shape index (κ1) is 9.85. The minimum Gasteiger partial charge on any atom is -0.383 e. The van der Waals surface area contributed by atoms with E-state index in [0.717, 1.165) is 23.2 Å². The molecule has 0 aromatic heterocycles. The van der Waals surface area contributed by atoms with Crippen molar-refractivity contribution in [3.63, 3.8) is 0 Å². The third-order valence-corrected chi connectivity index (χ3v) is 3.08. The lowest BCUT2D eigenvalue weighted by Gasteiger charge is -2.12. The first-order valence-corrected chi connectivity index (χ1v) is 5.58. The highest BCUT2D eigenvalue weighted by molar-refractivity contribution is 6.33. The fourth-order valence-corrected chi connectivity index (χ4v) is 2.43. The van der Waals surface area contributed by atoms with Gasteiger partial charge in [0.1, 0.15) is 0 Å². The van der Waals surface area contributed by atoms with E-state index in [9.17, 15) is 0 Å². The predicted molar refractivity (Wildman–Crippen MR) is 62.1 cm³/mol. The van der Waals surface area contributed by atoms with Gasteiger partial charge in [0.05, 0.1) is 10.7 Å². The lowest BCUT2D eigenvalue weighted by molar-refractivity contribution is 0.522. The van der Waals surface area contributed by atoms with Crippen LogP contribution in [0.25, 0.3) is 0 Å². The van der Waals surface area contributed by atoms with Crippen LogP contribution in [0.5, 0.6) is 0 Å². The van der Waals surface area contributed by atoms with Crippen LogP contribution in [-0.2, 0) is 0 Å². The average molecular weight is 210 g/mol. The molecule has 0 radical (unpaired) electrons. The van der Waals surface area contributed by atoms with Crippen LogP contribution in [0.15, 0.2) is 18.2 Å². The Kier molecular flexibility index (Phi) is 2.69. The van der Waals surface area contributed by atoms with Gasteiger partial charge in [-0.3, -0.25) is 0 Å². The number of fused-ring (bicyclic) bond motifs is 1. The predicted octanol–water partition coefficient (Wildman–Crippen LogP) is 3.90. The standard InChI is InChI=1S/C12H16ClN/c1-8(2)6-9-7-14-12-10(9)4-3-5-11(12)13/h3-5,8-9,14H,6-7H2,1-2H3. The first-order valence-electron chi connectivity index (χ1n) is 5.20. The van der Waals surface area contributed by atoms with Crippen LogP contribution >= 0.6 is 11.6 Å². The molecular weight excluding hydrogens is 194 g/mol. The number of para-hydroxylation sites is 1. The van der Waals surface area contributed by atoms with Gasteiger partial charge in [0.25, 0.3) is 0 Å². The third-order valence-electron chi connectivity index (χ3n) is 2.77. The van der Waals surface area contributed by atoms with Gasteiger partial charge in [-0.1, -0.05) is 37.6 Å². The fraction of sp³-hybridized carbons (Fsp3) is 0.500. The lowest BCUT2D eigenvalue weighted by atomic mass is 9.92. The van der Waals surface area contributed by atoms with Crippen molar-refractivity contribution in [3.05, 3.63) is 28.8 Å². The molecule has 0 aliphatic carbocycles. The Labute approximate surface area is 90.5 Å². The van der Waals surface area contributed by atoms with Crippen molar-refractivity contribution in [3.8, 4) is 0 Å². The second kappa shape index (κ2) is 3.82. The molecule has 0 amide bonds. The lowest BCUT2D eigenvalue weighted by Crippen LogP contribution is -2.05. The van der Waals surface area contributed by atoms with E-state index < -0.39 is 0 Å². The molecular formula is C12H16ClN. The molecule has 1 N–H and O–H groups in total. The Hall–Kier alpha value is -0.690. The Morgan fingerprint density at radius 2 is 2.29 bits per heavy atom. The van der Waals surface area contributed by atoms with Crippen molar-refractivity contribution in [1.82, 2.24) is 0 Å². The molecule has 0 spiro atoms. The molecule has 1 unspecified atom stereocenters. The number of hydrogen-bond donors (Lipinski definition) is 1. The van der Waals surface area contributed by atoms with E-state index in [1.54, 1.807) is 0 Å². The third kappa shape index (κ3) is 1.74. The molecule has 0 saturated heterocycles. The summed E-state index contributed by atoms with van der Waals surface area (Å²) < 4.78 is 0. The summed E-state index contributed by atoms with van der Waals surface area (Å²) in [5.74, 6) is 1.38. The molecule has 1 aromatic carbocycles. The summed E-state index contributed by atoms with van der Waals surface area (Å²) in [5, 5.41) is 4.25. The first-order chi connectivity index (χ1) is 6.68. The summed E-state index contributed by atoms with van der Waals surface area (Å²) in [6, 6.07) is 6.18. The molecule has 0 fully saturated rings. The normalized spacial score (nSPS) is 19.6. The van der Waals surface area contributed by atoms with Crippen LogP contribution in [0.1, 0.15) is 31.7 Å². The highest BCUT2D eigenvalue weighted by Gasteiger charge is 2.23. The summed E-state index contributed by atoms with van der Waals surface area (Å²) in [4.78, 5) is 0. The quantitative estimate of drug-likeness (QED) is 0.779. The van der Waals surface area contributed by atoms with Gasteiger partial charge in [0, 0.05) is 12.5 Å². The summed E-state index contributed by atoms with van der Waals surface area (Å²) in [5.41, 5.74) is 2.55. The van der Waals surface area contributed by atoms with Crippen LogP contribution in [-0.4, -0.2) is 6.54 Å². The van der Waals surface area contributed by atoms with E-state index in [1.165, 1.54) is 12.0 Å². The molecule has 1 aromatic rings. The van der Waals surface area contributed by atoms with Crippen LogP contribution in [0.4, 0.5) is 5.69 Å². The minimum absolute atomic E-state index is 0.642. The zero-order chi connectivity index (χ0) is 10.1. The molecule has 1 heterocycles. The van der Waals surface area contributed by atoms with Crippen LogP contribution < -0.4 is 5.32 Å². The number of nitrogens with one attached hydrogen (secondary N) is 1. The van der Waals surface area contributed by atoms with Crippen LogP contribution in [0.3, 0.4) is 0 Å². The summed E-state index contributed by atoms with van der Waals surface area (Å²) in [7, 11) is 0. The van der Waals surface area contributed by atoms with Gasteiger partial charge in [-0.2, -0.15) is 0 Å². The van der Waals surface area contributed by atoms with Crippen molar-refractivity contribution in [2.75, 3.05) is 11.9 Å². The number of benzene rings is 1. The fourth-order valence-electron chi connectivity index (χ4n) is 2.18. The van der Waals surface area contributed by atoms with E-state index >= 15 is 0 Å². The largest absolute Gasteiger partial charge is 0.383 e. The molecule has 1 nitrogen and oxygen atoms in total. The highest BCUT2D eigenvalue weighted by atomic mass is 35.5. The van der Waals surface area contributed by atoms with Gasteiger partial charge in [-0.05, 0) is 24.0 Å². The van der Waals surface area contributed by atoms with Crippen molar-refractivity contribution in [2.24, 2.45) is 5.92 Å². The van der Waals surface area contributed by atoms with Crippen LogP contribution in [0.2, 0.25) is 5.02 Å². The maximum absolute atomic E-state index is 6.11. The monoisotopic (exact) mass is 209 g/mol. The van der Waals surface area contributed by atoms with Crippen molar-refractivity contribution < 1.29 is 0 Å². The summed E-state index contributed by atoms with van der Waals surface area (Å²) in [6.45, 7) is 5.57. The smallest absolute Gasteiger partial charge is 0.0640 e. The molecule has 1 aliphatic rings. The maximum atomic E-state index is 6.11. The van der Waals surface area contributed by atoms with Crippen molar-refractivity contribution >= 4 is 17.3 Å². The second-order valence-corrected chi connectivity index (χ2v) is 4.82. The number of hydrogen-bond acceptors (Lipinski definition) is 1. The van der Waals surface area contributed by atoms with Crippen molar-refractivity contribution in [2.45, 2.75) is 26.2 Å². The topological polar surface area (TPSA) is 12.0 Å². The number of rotatable bonds is 2. The molecule has 76 valence electrons. The Morgan fingerprint density at radius 3 is 3.00 bits per heavy atom. The molecule has 14 heavy (non-hydrogen) atoms. The van der Waals surface area contributed by atoms with Crippen LogP contribution in [0, 0.1) is 5.92 Å². The maximum Gasteiger partial charge on any atom is 0.0640 e. The van der Waals surface area contributed by atoms with Gasteiger partial charge in [-0.15, -0.1) is 0 Å². The van der Waals surface area contributed by atoms with E-state index in [0.29, 0.717) is 5.92 Å². The van der Waals surface area contributed by atoms with E-state index in [-0.39, 0.29) is 0 Å². The zero-order valence-corrected chi connectivity index (χ0v) is 9.43. The minimum atomic E-state index is 0.642. The molecule has 0 bridgehead atoms. The molecule has 2 rings (SSSR count). The van der Waals surface area contributed by atoms with Gasteiger partial charge >= 0.3 is 0 Å². The van der Waals surface area contributed by atoms with Crippen molar-refractivity contribution in [1.29, 1.82) is 0 Å². The van der Waals surface area contributed by atoms with Gasteiger partial charge in [0.2, 0.25) is 0 Å². The molecule has 1 aliphatic heterocycles. The average Bonchev–Trinajstić information content (AvgIpc) is 2.49. The summed E-state index contributed by atoms with van der Waals surface area (Å²) in [6.07, 6.45) is 1.24. The van der Waals surface area contributed by atoms with Gasteiger partial charge in [-0.25, -0.2) is 0 Å². The summed E-state index contributed by atoms with van der Waals surface area (Å²) >= 11 is 6.11. The molecule has 2 heteroatoms. The molecule has 0 saturated carbocycles. The SMILES string of the molecule is CC(C)CC1CNc2c(Cl)cccc21. The second-order valence-electron chi connectivity index (χ2n) is 4.41. The number of anilines is 1. The number of halogens is 1. The van der Waals surface area contributed by atoms with E-state index in [2.05, 4.69) is 25.2 Å². The Morgan fingerprint density at radius 1 is 1.50 bits per heavy atom. The Balaban J connectivity index is 2.26. The van der Waals surface area contributed by atoms with Gasteiger partial charge < -0.3 is 5.32 Å². The highest BCUT2D eigenvalue weighted by Crippen LogP contribution is 2.39.